The minimum absolute atomic E-state index is 0.182. The standard InChI is InChI=1S/C16H22N2O4/c1-21-14(19)7-4-12-2-5-13(6-3-12)18-15(20)16(17)8-10-22-11-9-16/h2-3,5-6H,4,7-11,17H2,1H3,(H,18,20). The van der Waals surface area contributed by atoms with E-state index in [1.807, 2.05) is 24.3 Å². The van der Waals surface area contributed by atoms with Crippen LogP contribution in [0.2, 0.25) is 0 Å². The van der Waals surface area contributed by atoms with Crippen LogP contribution in [0.15, 0.2) is 24.3 Å². The minimum atomic E-state index is -0.859. The summed E-state index contributed by atoms with van der Waals surface area (Å²) >= 11 is 0. The third kappa shape index (κ3) is 4.29. The largest absolute Gasteiger partial charge is 0.469 e. The van der Waals surface area contributed by atoms with Gasteiger partial charge in [-0.3, -0.25) is 9.59 Å². The molecule has 6 heteroatoms. The topological polar surface area (TPSA) is 90.7 Å². The van der Waals surface area contributed by atoms with Gasteiger partial charge in [-0.1, -0.05) is 12.1 Å². The number of aryl methyl sites for hydroxylation is 1. The summed E-state index contributed by atoms with van der Waals surface area (Å²) in [7, 11) is 1.37. The molecule has 6 nitrogen and oxygen atoms in total. The van der Waals surface area contributed by atoms with Crippen LogP contribution in [0.25, 0.3) is 0 Å². The van der Waals surface area contributed by atoms with Crippen molar-refractivity contribution in [3.8, 4) is 0 Å². The van der Waals surface area contributed by atoms with Crippen molar-refractivity contribution in [3.05, 3.63) is 29.8 Å². The third-order valence-electron chi connectivity index (χ3n) is 3.89. The molecule has 0 bridgehead atoms. The van der Waals surface area contributed by atoms with Crippen molar-refractivity contribution in [2.75, 3.05) is 25.6 Å². The van der Waals surface area contributed by atoms with Crippen LogP contribution in [0.4, 0.5) is 5.69 Å². The number of carbonyl (C=O) groups excluding carboxylic acids is 2. The van der Waals surface area contributed by atoms with Crippen molar-refractivity contribution in [1.29, 1.82) is 0 Å². The number of carbonyl (C=O) groups is 2. The normalized spacial score (nSPS) is 16.8. The van der Waals surface area contributed by atoms with Gasteiger partial charge in [-0.15, -0.1) is 0 Å². The van der Waals surface area contributed by atoms with E-state index in [-0.39, 0.29) is 11.9 Å². The summed E-state index contributed by atoms with van der Waals surface area (Å²) in [5, 5.41) is 2.84. The van der Waals surface area contributed by atoms with Crippen LogP contribution in [0.5, 0.6) is 0 Å². The summed E-state index contributed by atoms with van der Waals surface area (Å²) in [6.45, 7) is 1.02. The highest BCUT2D eigenvalue weighted by Gasteiger charge is 2.35. The molecule has 0 saturated carbocycles. The molecule has 0 unspecified atom stereocenters. The molecule has 1 heterocycles. The lowest BCUT2D eigenvalue weighted by molar-refractivity contribution is -0.140. The first-order valence-electron chi connectivity index (χ1n) is 7.37. The lowest BCUT2D eigenvalue weighted by Gasteiger charge is -2.31. The molecule has 1 amide bonds. The quantitative estimate of drug-likeness (QED) is 0.799. The maximum absolute atomic E-state index is 12.3. The van der Waals surface area contributed by atoms with E-state index in [4.69, 9.17) is 10.5 Å². The highest BCUT2D eigenvalue weighted by Crippen LogP contribution is 2.20. The number of benzene rings is 1. The van der Waals surface area contributed by atoms with Gasteiger partial charge in [0, 0.05) is 25.3 Å². The first kappa shape index (κ1) is 16.5. The number of hydrogen-bond donors (Lipinski definition) is 2. The Morgan fingerprint density at radius 3 is 2.50 bits per heavy atom. The van der Waals surface area contributed by atoms with Gasteiger partial charge >= 0.3 is 5.97 Å². The summed E-state index contributed by atoms with van der Waals surface area (Å²) in [6.07, 6.45) is 2.00. The first-order chi connectivity index (χ1) is 10.5. The Balaban J connectivity index is 1.90. The summed E-state index contributed by atoms with van der Waals surface area (Å²) in [6, 6.07) is 7.39. The van der Waals surface area contributed by atoms with Crippen molar-refractivity contribution >= 4 is 17.6 Å². The molecule has 1 fully saturated rings. The van der Waals surface area contributed by atoms with E-state index in [9.17, 15) is 9.59 Å². The molecule has 0 atom stereocenters. The Morgan fingerprint density at radius 2 is 1.91 bits per heavy atom. The van der Waals surface area contributed by atoms with E-state index in [0.717, 1.165) is 5.56 Å². The van der Waals surface area contributed by atoms with Gasteiger partial charge < -0.3 is 20.5 Å². The second-order valence-electron chi connectivity index (χ2n) is 5.50. The summed E-state index contributed by atoms with van der Waals surface area (Å²) in [4.78, 5) is 23.4. The number of rotatable bonds is 5. The molecule has 2 rings (SSSR count). The molecule has 1 aliphatic heterocycles. The molecule has 1 aliphatic rings. The van der Waals surface area contributed by atoms with Crippen molar-refractivity contribution in [3.63, 3.8) is 0 Å². The molecule has 0 aromatic heterocycles. The zero-order valence-electron chi connectivity index (χ0n) is 12.8. The molecule has 3 N–H and O–H groups in total. The van der Waals surface area contributed by atoms with Crippen molar-refractivity contribution in [2.24, 2.45) is 5.73 Å². The Kier molecular flexibility index (Phi) is 5.51. The zero-order valence-corrected chi connectivity index (χ0v) is 12.8. The highest BCUT2D eigenvalue weighted by atomic mass is 16.5. The van der Waals surface area contributed by atoms with Gasteiger partial charge in [0.2, 0.25) is 5.91 Å². The molecular weight excluding hydrogens is 284 g/mol. The zero-order chi connectivity index (χ0) is 16.0. The number of hydrogen-bond acceptors (Lipinski definition) is 5. The van der Waals surface area contributed by atoms with Crippen molar-refractivity contribution in [2.45, 2.75) is 31.2 Å². The van der Waals surface area contributed by atoms with E-state index in [1.54, 1.807) is 0 Å². The number of nitrogens with two attached hydrogens (primary N) is 1. The van der Waals surface area contributed by atoms with Crippen LogP contribution < -0.4 is 11.1 Å². The Bertz CT molecular complexity index is 521. The van der Waals surface area contributed by atoms with Crippen LogP contribution in [0.3, 0.4) is 0 Å². The van der Waals surface area contributed by atoms with Crippen LogP contribution in [-0.2, 0) is 25.5 Å². The Morgan fingerprint density at radius 1 is 1.27 bits per heavy atom. The van der Waals surface area contributed by atoms with Crippen molar-refractivity contribution in [1.82, 2.24) is 0 Å². The summed E-state index contributed by atoms with van der Waals surface area (Å²) in [5.41, 5.74) is 6.98. The van der Waals surface area contributed by atoms with Gasteiger partial charge in [-0.25, -0.2) is 0 Å². The fourth-order valence-electron chi connectivity index (χ4n) is 2.32. The van der Waals surface area contributed by atoms with E-state index < -0.39 is 5.54 Å². The molecular formula is C16H22N2O4. The van der Waals surface area contributed by atoms with Crippen LogP contribution in [-0.4, -0.2) is 37.7 Å². The van der Waals surface area contributed by atoms with Gasteiger partial charge in [-0.05, 0) is 37.0 Å². The Hall–Kier alpha value is -1.92. The molecule has 0 aliphatic carbocycles. The molecule has 0 spiro atoms. The number of nitrogens with one attached hydrogen (secondary N) is 1. The lowest BCUT2D eigenvalue weighted by Crippen LogP contribution is -2.54. The number of anilines is 1. The van der Waals surface area contributed by atoms with E-state index in [1.165, 1.54) is 7.11 Å². The third-order valence-corrected chi connectivity index (χ3v) is 3.89. The van der Waals surface area contributed by atoms with E-state index >= 15 is 0 Å². The molecule has 1 aromatic carbocycles. The predicted octanol–water partition coefficient (Wildman–Crippen LogP) is 1.24. The monoisotopic (exact) mass is 306 g/mol. The second-order valence-corrected chi connectivity index (χ2v) is 5.50. The summed E-state index contributed by atoms with van der Waals surface area (Å²) < 4.78 is 9.85. The highest BCUT2D eigenvalue weighted by molar-refractivity contribution is 5.98. The lowest BCUT2D eigenvalue weighted by atomic mass is 9.90. The average molecular weight is 306 g/mol. The van der Waals surface area contributed by atoms with E-state index in [2.05, 4.69) is 10.1 Å². The molecule has 120 valence electrons. The van der Waals surface area contributed by atoms with Crippen LogP contribution in [0, 0.1) is 0 Å². The maximum Gasteiger partial charge on any atom is 0.305 e. The number of amides is 1. The van der Waals surface area contributed by atoms with Gasteiger partial charge in [0.15, 0.2) is 0 Å². The summed E-state index contributed by atoms with van der Waals surface area (Å²) in [5.74, 6) is -0.417. The number of ether oxygens (including phenoxy) is 2. The molecule has 22 heavy (non-hydrogen) atoms. The average Bonchev–Trinajstić information content (AvgIpc) is 2.54. The predicted molar refractivity (Wildman–Crippen MR) is 82.4 cm³/mol. The fraction of sp³-hybridized carbons (Fsp3) is 0.500. The Labute approximate surface area is 130 Å². The number of methoxy groups -OCH3 is 1. The minimum Gasteiger partial charge on any atom is -0.469 e. The molecule has 1 aromatic rings. The van der Waals surface area contributed by atoms with Crippen LogP contribution in [0.1, 0.15) is 24.8 Å². The van der Waals surface area contributed by atoms with Crippen molar-refractivity contribution < 1.29 is 19.1 Å². The maximum atomic E-state index is 12.3. The molecule has 1 saturated heterocycles. The fourth-order valence-corrected chi connectivity index (χ4v) is 2.32. The number of esters is 1. The van der Waals surface area contributed by atoms with Gasteiger partial charge in [0.25, 0.3) is 0 Å². The van der Waals surface area contributed by atoms with E-state index in [0.29, 0.717) is 44.6 Å². The SMILES string of the molecule is COC(=O)CCc1ccc(NC(=O)C2(N)CCOCC2)cc1. The first-order valence-corrected chi connectivity index (χ1v) is 7.37. The second kappa shape index (κ2) is 7.38. The van der Waals surface area contributed by atoms with Gasteiger partial charge in [0.05, 0.1) is 7.11 Å². The van der Waals surface area contributed by atoms with Gasteiger partial charge in [0.1, 0.15) is 5.54 Å². The smallest absolute Gasteiger partial charge is 0.305 e. The van der Waals surface area contributed by atoms with Gasteiger partial charge in [-0.2, -0.15) is 0 Å². The molecule has 0 radical (unpaired) electrons. The van der Waals surface area contributed by atoms with Crippen LogP contribution >= 0.6 is 0 Å².